The third-order valence-electron chi connectivity index (χ3n) is 6.10. The summed E-state index contributed by atoms with van der Waals surface area (Å²) >= 11 is 12.6. The molecule has 176 valence electrons. The van der Waals surface area contributed by atoms with E-state index in [2.05, 4.69) is 0 Å². The van der Waals surface area contributed by atoms with Gasteiger partial charge in [0.25, 0.3) is 0 Å². The molecule has 8 heteroatoms. The van der Waals surface area contributed by atoms with E-state index in [9.17, 15) is 13.2 Å². The quantitative estimate of drug-likeness (QED) is 0.293. The van der Waals surface area contributed by atoms with E-state index in [1.165, 1.54) is 6.26 Å². The minimum atomic E-state index is -3.44. The molecule has 0 saturated carbocycles. The lowest BCUT2D eigenvalue weighted by Gasteiger charge is -2.12. The largest absolute Gasteiger partial charge is 0.366 e. The zero-order chi connectivity index (χ0) is 24.9. The molecule has 0 aliphatic heterocycles. The van der Waals surface area contributed by atoms with Gasteiger partial charge in [0.05, 0.1) is 15.9 Å². The number of nitrogens with two attached hydrogens (primary N) is 1. The van der Waals surface area contributed by atoms with E-state index in [4.69, 9.17) is 28.9 Å². The normalized spacial score (nSPS) is 11.9. The van der Waals surface area contributed by atoms with Crippen molar-refractivity contribution in [3.05, 3.63) is 100 Å². The van der Waals surface area contributed by atoms with Gasteiger partial charge in [0.1, 0.15) is 0 Å². The summed E-state index contributed by atoms with van der Waals surface area (Å²) in [5, 5.41) is 2.61. The molecule has 0 aliphatic rings. The maximum absolute atomic E-state index is 12.5. The fraction of sp³-hybridized carbons (Fsp3) is 0.0741. The van der Waals surface area contributed by atoms with E-state index >= 15 is 0 Å². The minimum absolute atomic E-state index is 0.262. The summed E-state index contributed by atoms with van der Waals surface area (Å²) in [6.45, 7) is 0.281. The van der Waals surface area contributed by atoms with E-state index in [1.54, 1.807) is 42.5 Å². The molecule has 0 saturated heterocycles. The average Bonchev–Trinajstić information content (AvgIpc) is 3.11. The van der Waals surface area contributed by atoms with Crippen molar-refractivity contribution in [2.75, 3.05) is 6.26 Å². The Morgan fingerprint density at radius 3 is 2.40 bits per heavy atom. The van der Waals surface area contributed by atoms with Crippen molar-refractivity contribution in [1.82, 2.24) is 4.57 Å². The summed E-state index contributed by atoms with van der Waals surface area (Å²) in [6, 6.07) is 23.5. The van der Waals surface area contributed by atoms with Crippen LogP contribution >= 0.6 is 23.2 Å². The van der Waals surface area contributed by atoms with Crippen LogP contribution in [0.15, 0.2) is 83.8 Å². The second kappa shape index (κ2) is 8.72. The number of nitrogens with zero attached hydrogens (tertiary/aromatic N) is 1. The van der Waals surface area contributed by atoms with Gasteiger partial charge < -0.3 is 10.3 Å². The zero-order valence-corrected chi connectivity index (χ0v) is 21.0. The van der Waals surface area contributed by atoms with Crippen LogP contribution in [0.4, 0.5) is 0 Å². The number of carbonyl (C=O) groups excluding carboxylic acids is 1. The number of rotatable bonds is 5. The van der Waals surface area contributed by atoms with Crippen molar-refractivity contribution in [1.29, 1.82) is 0 Å². The van der Waals surface area contributed by atoms with Crippen molar-refractivity contribution >= 4 is 60.8 Å². The van der Waals surface area contributed by atoms with Gasteiger partial charge in [-0.2, -0.15) is 0 Å². The summed E-state index contributed by atoms with van der Waals surface area (Å²) in [5.41, 5.74) is 10.0. The number of primary amides is 1. The van der Waals surface area contributed by atoms with Crippen LogP contribution in [0, 0.1) is 0 Å². The van der Waals surface area contributed by atoms with Crippen molar-refractivity contribution in [3.8, 4) is 11.1 Å². The lowest BCUT2D eigenvalue weighted by molar-refractivity contribution is 0.100. The molecule has 0 atom stereocenters. The fourth-order valence-corrected chi connectivity index (χ4v) is 6.03. The van der Waals surface area contributed by atoms with E-state index in [0.29, 0.717) is 21.2 Å². The van der Waals surface area contributed by atoms with Gasteiger partial charge in [-0.3, -0.25) is 4.79 Å². The third-order valence-corrected chi connectivity index (χ3v) is 7.84. The highest BCUT2D eigenvalue weighted by atomic mass is 35.5. The first-order chi connectivity index (χ1) is 16.6. The van der Waals surface area contributed by atoms with Crippen molar-refractivity contribution in [2.45, 2.75) is 11.4 Å². The smallest absolute Gasteiger partial charge is 0.249 e. The molecular weight excluding hydrogens is 503 g/mol. The number of sulfone groups is 1. The van der Waals surface area contributed by atoms with E-state index in [1.807, 2.05) is 41.0 Å². The summed E-state index contributed by atoms with van der Waals surface area (Å²) < 4.78 is 26.9. The summed E-state index contributed by atoms with van der Waals surface area (Å²) in [5.74, 6) is -0.531. The Balaban J connectivity index is 1.83. The first-order valence-corrected chi connectivity index (χ1v) is 13.4. The first kappa shape index (κ1) is 23.4. The van der Waals surface area contributed by atoms with Crippen molar-refractivity contribution in [2.24, 2.45) is 5.73 Å². The predicted octanol–water partition coefficient (Wildman–Crippen LogP) is 6.32. The topological polar surface area (TPSA) is 82.2 Å². The Morgan fingerprint density at radius 1 is 0.914 bits per heavy atom. The molecule has 0 spiro atoms. The standard InChI is InChI=1S/C27H20Cl2N2O3S/c1-35(33,34)25-8-3-2-5-17(25)15-31-23-7-4-6-21(27(30)32)26(23)20-11-9-16(13-24(20)31)19-12-10-18(28)14-22(19)29/h2-14H,15H2,1H3,(H2,30,32). The molecule has 1 amide bonds. The highest BCUT2D eigenvalue weighted by molar-refractivity contribution is 7.90. The van der Waals surface area contributed by atoms with E-state index in [-0.39, 0.29) is 11.4 Å². The number of hydrogen-bond acceptors (Lipinski definition) is 3. The molecule has 35 heavy (non-hydrogen) atoms. The first-order valence-electron chi connectivity index (χ1n) is 10.7. The van der Waals surface area contributed by atoms with Gasteiger partial charge in [-0.25, -0.2) is 8.42 Å². The van der Waals surface area contributed by atoms with Gasteiger partial charge in [-0.15, -0.1) is 0 Å². The SMILES string of the molecule is CS(=O)(=O)c1ccccc1Cn1c2cc(-c3ccc(Cl)cc3Cl)ccc2c2c(C(N)=O)cccc21. The zero-order valence-electron chi connectivity index (χ0n) is 18.6. The Morgan fingerprint density at radius 2 is 1.69 bits per heavy atom. The van der Waals surface area contributed by atoms with Gasteiger partial charge >= 0.3 is 0 Å². The number of benzene rings is 4. The second-order valence-corrected chi connectivity index (χ2v) is 11.2. The van der Waals surface area contributed by atoms with Crippen LogP contribution in [0.25, 0.3) is 32.9 Å². The molecule has 1 aromatic heterocycles. The average molecular weight is 523 g/mol. The van der Waals surface area contributed by atoms with Crippen LogP contribution < -0.4 is 5.73 Å². The number of carbonyl (C=O) groups is 1. The van der Waals surface area contributed by atoms with Crippen LogP contribution in [-0.2, 0) is 16.4 Å². The maximum Gasteiger partial charge on any atom is 0.249 e. The maximum atomic E-state index is 12.5. The van der Waals surface area contributed by atoms with E-state index < -0.39 is 15.7 Å². The molecule has 5 nitrogen and oxygen atoms in total. The molecule has 0 unspecified atom stereocenters. The molecule has 2 N–H and O–H groups in total. The van der Waals surface area contributed by atoms with Crippen LogP contribution in [0.5, 0.6) is 0 Å². The summed E-state index contributed by atoms with van der Waals surface area (Å²) in [6.07, 6.45) is 1.20. The van der Waals surface area contributed by atoms with Gasteiger partial charge in [-0.05, 0) is 47.5 Å². The van der Waals surface area contributed by atoms with Crippen molar-refractivity contribution in [3.63, 3.8) is 0 Å². The number of aromatic nitrogens is 1. The molecule has 0 fully saturated rings. The lowest BCUT2D eigenvalue weighted by atomic mass is 10.0. The molecule has 0 bridgehead atoms. The number of hydrogen-bond donors (Lipinski definition) is 1. The molecule has 4 aromatic carbocycles. The molecule has 0 aliphatic carbocycles. The van der Waals surface area contributed by atoms with Gasteiger partial charge in [0.15, 0.2) is 9.84 Å². The summed E-state index contributed by atoms with van der Waals surface area (Å²) in [4.78, 5) is 12.5. The molecule has 5 aromatic rings. The molecular formula is C27H20Cl2N2O3S. The van der Waals surface area contributed by atoms with Crippen LogP contribution in [-0.4, -0.2) is 25.1 Å². The second-order valence-electron chi connectivity index (χ2n) is 8.39. The van der Waals surface area contributed by atoms with Crippen molar-refractivity contribution < 1.29 is 13.2 Å². The third kappa shape index (κ3) is 4.18. The van der Waals surface area contributed by atoms with Gasteiger partial charge in [-0.1, -0.05) is 65.7 Å². The Bertz CT molecular complexity index is 1760. The Hall–Kier alpha value is -3.32. The predicted molar refractivity (Wildman–Crippen MR) is 142 cm³/mol. The highest BCUT2D eigenvalue weighted by Gasteiger charge is 2.20. The molecule has 1 heterocycles. The Kier molecular flexibility index (Phi) is 5.83. The number of fused-ring (bicyclic) bond motifs is 3. The lowest BCUT2D eigenvalue weighted by Crippen LogP contribution is -2.11. The minimum Gasteiger partial charge on any atom is -0.366 e. The summed E-state index contributed by atoms with van der Waals surface area (Å²) in [7, 11) is -3.44. The van der Waals surface area contributed by atoms with Gasteiger partial charge in [0, 0.05) is 44.7 Å². The number of amides is 1. The van der Waals surface area contributed by atoms with Crippen LogP contribution in [0.2, 0.25) is 10.0 Å². The molecule has 0 radical (unpaired) electrons. The monoisotopic (exact) mass is 522 g/mol. The van der Waals surface area contributed by atoms with Gasteiger partial charge in [0.2, 0.25) is 5.91 Å². The highest BCUT2D eigenvalue weighted by Crippen LogP contribution is 2.37. The molecule has 5 rings (SSSR count). The fourth-order valence-electron chi connectivity index (χ4n) is 4.58. The van der Waals surface area contributed by atoms with E-state index in [0.717, 1.165) is 32.9 Å². The van der Waals surface area contributed by atoms with Crippen LogP contribution in [0.3, 0.4) is 0 Å². The van der Waals surface area contributed by atoms with Crippen LogP contribution in [0.1, 0.15) is 15.9 Å². The Labute approximate surface area is 212 Å². The number of halogens is 2.